The lowest BCUT2D eigenvalue weighted by Crippen LogP contribution is -2.36. The largest absolute Gasteiger partial charge is 0.383 e. The number of carbonyl (C=O) groups is 2. The van der Waals surface area contributed by atoms with E-state index in [1.165, 1.54) is 18.6 Å². The van der Waals surface area contributed by atoms with Gasteiger partial charge in [-0.1, -0.05) is 30.3 Å². The number of rotatable bonds is 9. The summed E-state index contributed by atoms with van der Waals surface area (Å²) in [4.78, 5) is 34.2. The maximum Gasteiger partial charge on any atom is 0.274 e. The number of nitrogens with zero attached hydrogens (tertiary/aromatic N) is 3. The summed E-state index contributed by atoms with van der Waals surface area (Å²) in [5.74, 6) is -0.372. The number of hydrogen-bond acceptors (Lipinski definition) is 5. The Morgan fingerprint density at radius 2 is 2.00 bits per heavy atom. The molecule has 0 unspecified atom stereocenters. The second kappa shape index (κ2) is 10.1. The third kappa shape index (κ3) is 6.31. The Kier molecular flexibility index (Phi) is 7.52. The van der Waals surface area contributed by atoms with Crippen LogP contribution in [0.1, 0.15) is 22.5 Å². The zero-order valence-electron chi connectivity index (χ0n) is 14.2. The van der Waals surface area contributed by atoms with Crippen LogP contribution in [0.25, 0.3) is 0 Å². The van der Waals surface area contributed by atoms with E-state index in [2.05, 4.69) is 15.3 Å². The standard InChI is InChI=1S/C18H22N4O3/c1-25-12-10-21-17(23)7-11-22(14-15-5-3-2-4-6-15)18(24)16-13-19-8-9-20-16/h2-6,8-9,13H,7,10-12,14H2,1H3,(H,21,23). The van der Waals surface area contributed by atoms with E-state index < -0.39 is 0 Å². The zero-order chi connectivity index (χ0) is 17.9. The lowest BCUT2D eigenvalue weighted by Gasteiger charge is -2.22. The van der Waals surface area contributed by atoms with Crippen molar-refractivity contribution in [1.82, 2.24) is 20.2 Å². The van der Waals surface area contributed by atoms with Crippen molar-refractivity contribution < 1.29 is 14.3 Å². The summed E-state index contributed by atoms with van der Waals surface area (Å²) < 4.78 is 4.90. The fourth-order valence-corrected chi connectivity index (χ4v) is 2.25. The Labute approximate surface area is 147 Å². The number of benzene rings is 1. The van der Waals surface area contributed by atoms with Crippen molar-refractivity contribution in [3.8, 4) is 0 Å². The van der Waals surface area contributed by atoms with Gasteiger partial charge in [-0.3, -0.25) is 14.6 Å². The lowest BCUT2D eigenvalue weighted by atomic mass is 10.2. The molecule has 0 saturated carbocycles. The highest BCUT2D eigenvalue weighted by molar-refractivity contribution is 5.92. The van der Waals surface area contributed by atoms with E-state index in [-0.39, 0.29) is 23.9 Å². The van der Waals surface area contributed by atoms with Gasteiger partial charge in [0.15, 0.2) is 0 Å². The lowest BCUT2D eigenvalue weighted by molar-refractivity contribution is -0.121. The van der Waals surface area contributed by atoms with E-state index in [4.69, 9.17) is 4.74 Å². The summed E-state index contributed by atoms with van der Waals surface area (Å²) in [6, 6.07) is 9.63. The summed E-state index contributed by atoms with van der Waals surface area (Å²) in [6.45, 7) is 1.61. The van der Waals surface area contributed by atoms with Gasteiger partial charge in [0.2, 0.25) is 5.91 Å². The van der Waals surface area contributed by atoms with Crippen molar-refractivity contribution in [3.63, 3.8) is 0 Å². The third-order valence-corrected chi connectivity index (χ3v) is 3.52. The van der Waals surface area contributed by atoms with Crippen LogP contribution >= 0.6 is 0 Å². The number of amides is 2. The van der Waals surface area contributed by atoms with Crippen LogP contribution in [0.15, 0.2) is 48.9 Å². The predicted octanol–water partition coefficient (Wildman–Crippen LogP) is 1.27. The summed E-state index contributed by atoms with van der Waals surface area (Å²) in [7, 11) is 1.58. The summed E-state index contributed by atoms with van der Waals surface area (Å²) in [5.41, 5.74) is 1.25. The van der Waals surface area contributed by atoms with Gasteiger partial charge in [0.25, 0.3) is 5.91 Å². The molecule has 0 bridgehead atoms. The highest BCUT2D eigenvalue weighted by Crippen LogP contribution is 2.09. The van der Waals surface area contributed by atoms with Crippen molar-refractivity contribution >= 4 is 11.8 Å². The molecule has 0 aliphatic rings. The first kappa shape index (κ1) is 18.5. The minimum absolute atomic E-state index is 0.123. The Hall–Kier alpha value is -2.80. The van der Waals surface area contributed by atoms with E-state index in [1.54, 1.807) is 12.0 Å². The molecule has 2 amide bonds. The van der Waals surface area contributed by atoms with Gasteiger partial charge in [0, 0.05) is 45.6 Å². The molecule has 1 aromatic heterocycles. The minimum Gasteiger partial charge on any atom is -0.383 e. The number of methoxy groups -OCH3 is 1. The van der Waals surface area contributed by atoms with Crippen molar-refractivity contribution in [2.75, 3.05) is 26.8 Å². The average Bonchev–Trinajstić information content (AvgIpc) is 2.66. The van der Waals surface area contributed by atoms with Gasteiger partial charge in [0.1, 0.15) is 5.69 Å². The Morgan fingerprint density at radius 1 is 1.20 bits per heavy atom. The quantitative estimate of drug-likeness (QED) is 0.694. The van der Waals surface area contributed by atoms with Gasteiger partial charge in [-0.05, 0) is 5.56 Å². The van der Waals surface area contributed by atoms with Crippen molar-refractivity contribution in [3.05, 3.63) is 60.2 Å². The van der Waals surface area contributed by atoms with Crippen molar-refractivity contribution in [2.45, 2.75) is 13.0 Å². The van der Waals surface area contributed by atoms with Gasteiger partial charge in [-0.2, -0.15) is 0 Å². The van der Waals surface area contributed by atoms with E-state index >= 15 is 0 Å². The smallest absolute Gasteiger partial charge is 0.274 e. The summed E-state index contributed by atoms with van der Waals surface area (Å²) in [5, 5.41) is 2.75. The van der Waals surface area contributed by atoms with Crippen LogP contribution in [0.4, 0.5) is 0 Å². The van der Waals surface area contributed by atoms with Crippen LogP contribution < -0.4 is 5.32 Å². The number of carbonyl (C=O) groups excluding carboxylic acids is 2. The normalized spacial score (nSPS) is 10.3. The molecule has 1 N–H and O–H groups in total. The molecule has 0 aliphatic heterocycles. The first-order chi connectivity index (χ1) is 12.2. The number of hydrogen-bond donors (Lipinski definition) is 1. The first-order valence-corrected chi connectivity index (χ1v) is 8.05. The Morgan fingerprint density at radius 3 is 2.68 bits per heavy atom. The third-order valence-electron chi connectivity index (χ3n) is 3.52. The molecule has 0 spiro atoms. The molecule has 2 aromatic rings. The molecule has 0 saturated heterocycles. The second-order valence-electron chi connectivity index (χ2n) is 5.40. The SMILES string of the molecule is COCCNC(=O)CCN(Cc1ccccc1)C(=O)c1cnccn1. The molecule has 25 heavy (non-hydrogen) atoms. The van der Waals surface area contributed by atoms with Gasteiger partial charge >= 0.3 is 0 Å². The van der Waals surface area contributed by atoms with Crippen LogP contribution in [0, 0.1) is 0 Å². The molecule has 132 valence electrons. The van der Waals surface area contributed by atoms with Gasteiger partial charge in [0.05, 0.1) is 12.8 Å². The van der Waals surface area contributed by atoms with Gasteiger partial charge in [-0.25, -0.2) is 4.98 Å². The van der Waals surface area contributed by atoms with Crippen molar-refractivity contribution in [1.29, 1.82) is 0 Å². The Bertz CT molecular complexity index is 665. The monoisotopic (exact) mass is 342 g/mol. The molecule has 0 radical (unpaired) electrons. The molecule has 0 atom stereocenters. The Balaban J connectivity index is 2.01. The minimum atomic E-state index is -0.248. The zero-order valence-corrected chi connectivity index (χ0v) is 14.2. The maximum absolute atomic E-state index is 12.7. The van der Waals surface area contributed by atoms with Crippen LogP contribution in [0.5, 0.6) is 0 Å². The van der Waals surface area contributed by atoms with E-state index in [0.717, 1.165) is 5.56 Å². The molecule has 1 aromatic carbocycles. The highest BCUT2D eigenvalue weighted by Gasteiger charge is 2.18. The van der Waals surface area contributed by atoms with E-state index in [9.17, 15) is 9.59 Å². The fourth-order valence-electron chi connectivity index (χ4n) is 2.25. The van der Waals surface area contributed by atoms with Crippen LogP contribution in [-0.2, 0) is 16.1 Å². The van der Waals surface area contributed by atoms with Gasteiger partial charge in [-0.15, -0.1) is 0 Å². The van der Waals surface area contributed by atoms with Crippen LogP contribution in [0.3, 0.4) is 0 Å². The topological polar surface area (TPSA) is 84.4 Å². The number of nitrogens with one attached hydrogen (secondary N) is 1. The van der Waals surface area contributed by atoms with E-state index in [1.807, 2.05) is 30.3 Å². The predicted molar refractivity (Wildman–Crippen MR) is 92.7 cm³/mol. The van der Waals surface area contributed by atoms with Crippen LogP contribution in [-0.4, -0.2) is 53.5 Å². The molecule has 0 fully saturated rings. The van der Waals surface area contributed by atoms with E-state index in [0.29, 0.717) is 26.2 Å². The fraction of sp³-hybridized carbons (Fsp3) is 0.333. The molecule has 7 nitrogen and oxygen atoms in total. The molecule has 2 rings (SSSR count). The first-order valence-electron chi connectivity index (χ1n) is 8.05. The highest BCUT2D eigenvalue weighted by atomic mass is 16.5. The summed E-state index contributed by atoms with van der Waals surface area (Å²) in [6.07, 6.45) is 4.63. The van der Waals surface area contributed by atoms with Crippen molar-refractivity contribution in [2.24, 2.45) is 0 Å². The maximum atomic E-state index is 12.7. The molecule has 7 heteroatoms. The molecule has 0 aliphatic carbocycles. The average molecular weight is 342 g/mol. The summed E-state index contributed by atoms with van der Waals surface area (Å²) >= 11 is 0. The molecular formula is C18H22N4O3. The number of ether oxygens (including phenoxy) is 1. The molecule has 1 heterocycles. The molecular weight excluding hydrogens is 320 g/mol. The number of aromatic nitrogens is 2. The second-order valence-corrected chi connectivity index (χ2v) is 5.40. The van der Waals surface area contributed by atoms with Crippen LogP contribution in [0.2, 0.25) is 0 Å². The van der Waals surface area contributed by atoms with Gasteiger partial charge < -0.3 is 15.0 Å².